The molecule has 1 unspecified atom stereocenters. The van der Waals surface area contributed by atoms with Gasteiger partial charge in [-0.1, -0.05) is 66.7 Å². The molecule has 2 N–H and O–H groups in total. The molecule has 0 aromatic heterocycles. The van der Waals surface area contributed by atoms with Gasteiger partial charge in [-0.25, -0.2) is 4.79 Å². The normalized spacial score (nSPS) is 15.5. The number of hydrogen-bond acceptors (Lipinski definition) is 4. The minimum absolute atomic E-state index is 0.356. The van der Waals surface area contributed by atoms with Gasteiger partial charge in [0.1, 0.15) is 19.3 Å². The summed E-state index contributed by atoms with van der Waals surface area (Å²) < 4.78 is 12.0. The zero-order valence-corrected chi connectivity index (χ0v) is 15.6. The van der Waals surface area contributed by atoms with E-state index in [9.17, 15) is 9.59 Å². The summed E-state index contributed by atoms with van der Waals surface area (Å²) in [5.74, 6) is 0.691. The first kappa shape index (κ1) is 18.6. The van der Waals surface area contributed by atoms with Crippen LogP contribution < -0.4 is 20.1 Å². The van der Waals surface area contributed by atoms with Crippen molar-refractivity contribution in [1.29, 1.82) is 0 Å². The standard InChI is InChI=1S/C23H20N2O4/c26-22-21(24-23(27)25-22)18-11-12-19(28-14-16-7-3-1-4-8-16)20(13-18)29-15-17-9-5-2-6-10-17/h1-13,21H,14-15H2,(H2,24,25,26,27). The molecule has 0 spiro atoms. The van der Waals surface area contributed by atoms with E-state index in [0.717, 1.165) is 11.1 Å². The third kappa shape index (κ3) is 4.55. The van der Waals surface area contributed by atoms with Crippen molar-refractivity contribution in [1.82, 2.24) is 10.6 Å². The Balaban J connectivity index is 1.56. The molecule has 3 aromatic carbocycles. The smallest absolute Gasteiger partial charge is 0.322 e. The van der Waals surface area contributed by atoms with Crippen LogP contribution >= 0.6 is 0 Å². The van der Waals surface area contributed by atoms with Gasteiger partial charge in [-0.15, -0.1) is 0 Å². The number of urea groups is 1. The molecule has 1 aliphatic heterocycles. The summed E-state index contributed by atoms with van der Waals surface area (Å²) in [5, 5.41) is 4.85. The van der Waals surface area contributed by atoms with Crippen molar-refractivity contribution < 1.29 is 19.1 Å². The molecule has 1 heterocycles. The van der Waals surface area contributed by atoms with Gasteiger partial charge < -0.3 is 14.8 Å². The number of benzene rings is 3. The first-order valence-corrected chi connectivity index (χ1v) is 9.28. The molecule has 6 heteroatoms. The minimum Gasteiger partial charge on any atom is -0.485 e. The molecule has 0 radical (unpaired) electrons. The van der Waals surface area contributed by atoms with Gasteiger partial charge in [0.15, 0.2) is 11.5 Å². The summed E-state index contributed by atoms with van der Waals surface area (Å²) in [4.78, 5) is 23.5. The Morgan fingerprint density at radius 3 is 1.86 bits per heavy atom. The Hall–Kier alpha value is -3.80. The summed E-state index contributed by atoms with van der Waals surface area (Å²) in [6, 6.07) is 23.6. The van der Waals surface area contributed by atoms with Gasteiger partial charge in [0, 0.05) is 0 Å². The zero-order valence-electron chi connectivity index (χ0n) is 15.6. The monoisotopic (exact) mass is 388 g/mol. The largest absolute Gasteiger partial charge is 0.485 e. The van der Waals surface area contributed by atoms with Crippen LogP contribution in [-0.4, -0.2) is 11.9 Å². The molecule has 0 saturated carbocycles. The van der Waals surface area contributed by atoms with Crippen molar-refractivity contribution in [3.8, 4) is 11.5 Å². The van der Waals surface area contributed by atoms with Gasteiger partial charge in [0.05, 0.1) is 0 Å². The zero-order chi connectivity index (χ0) is 20.1. The van der Waals surface area contributed by atoms with Crippen LogP contribution in [0.15, 0.2) is 78.9 Å². The van der Waals surface area contributed by atoms with Crippen molar-refractivity contribution in [2.24, 2.45) is 0 Å². The molecule has 146 valence electrons. The molecule has 1 fully saturated rings. The number of nitrogens with one attached hydrogen (secondary N) is 2. The molecule has 6 nitrogen and oxygen atoms in total. The van der Waals surface area contributed by atoms with E-state index in [1.54, 1.807) is 18.2 Å². The highest BCUT2D eigenvalue weighted by Gasteiger charge is 2.31. The van der Waals surface area contributed by atoms with Crippen LogP contribution in [-0.2, 0) is 18.0 Å². The fourth-order valence-corrected chi connectivity index (χ4v) is 3.06. The lowest BCUT2D eigenvalue weighted by Crippen LogP contribution is -2.22. The number of carbonyl (C=O) groups excluding carboxylic acids is 2. The van der Waals surface area contributed by atoms with Crippen LogP contribution in [0.25, 0.3) is 0 Å². The molecule has 3 aromatic rings. The van der Waals surface area contributed by atoms with Gasteiger partial charge in [-0.3, -0.25) is 10.1 Å². The summed E-state index contributed by atoms with van der Waals surface area (Å²) >= 11 is 0. The lowest BCUT2D eigenvalue weighted by atomic mass is 10.1. The highest BCUT2D eigenvalue weighted by Crippen LogP contribution is 2.32. The lowest BCUT2D eigenvalue weighted by molar-refractivity contribution is -0.120. The van der Waals surface area contributed by atoms with Crippen LogP contribution in [0.3, 0.4) is 0 Å². The number of carbonyl (C=O) groups is 2. The van der Waals surface area contributed by atoms with Crippen molar-refractivity contribution >= 4 is 11.9 Å². The second kappa shape index (κ2) is 8.48. The van der Waals surface area contributed by atoms with Gasteiger partial charge >= 0.3 is 6.03 Å². The maximum atomic E-state index is 12.0. The molecule has 1 saturated heterocycles. The third-order valence-electron chi connectivity index (χ3n) is 4.55. The minimum atomic E-state index is -0.746. The van der Waals surface area contributed by atoms with E-state index >= 15 is 0 Å². The molecule has 3 amide bonds. The summed E-state index contributed by atoms with van der Waals surface area (Å²) in [6.45, 7) is 0.748. The summed E-state index contributed by atoms with van der Waals surface area (Å²) in [5.41, 5.74) is 2.68. The molecule has 0 aliphatic carbocycles. The quantitative estimate of drug-likeness (QED) is 0.605. The predicted molar refractivity (Wildman–Crippen MR) is 107 cm³/mol. The molecule has 4 rings (SSSR count). The summed E-state index contributed by atoms with van der Waals surface area (Å²) in [6.07, 6.45) is 0. The Labute approximate surface area is 168 Å². The van der Waals surface area contributed by atoms with E-state index in [1.165, 1.54) is 0 Å². The van der Waals surface area contributed by atoms with Crippen molar-refractivity contribution in [2.45, 2.75) is 19.3 Å². The third-order valence-corrected chi connectivity index (χ3v) is 4.55. The Morgan fingerprint density at radius 1 is 0.724 bits per heavy atom. The van der Waals surface area contributed by atoms with Crippen LogP contribution in [0.1, 0.15) is 22.7 Å². The van der Waals surface area contributed by atoms with Gasteiger partial charge in [-0.05, 0) is 28.8 Å². The molecule has 29 heavy (non-hydrogen) atoms. The maximum Gasteiger partial charge on any atom is 0.322 e. The molecule has 1 atom stereocenters. The maximum absolute atomic E-state index is 12.0. The first-order chi connectivity index (χ1) is 14.2. The van der Waals surface area contributed by atoms with E-state index in [-0.39, 0.29) is 5.91 Å². The SMILES string of the molecule is O=C1NC(=O)C(c2ccc(OCc3ccccc3)c(OCc3ccccc3)c2)N1. The molecule has 1 aliphatic rings. The second-order valence-electron chi connectivity index (χ2n) is 6.65. The van der Waals surface area contributed by atoms with Crippen LogP contribution in [0.4, 0.5) is 4.79 Å². The van der Waals surface area contributed by atoms with E-state index in [2.05, 4.69) is 10.6 Å². The highest BCUT2D eigenvalue weighted by molar-refractivity contribution is 6.04. The number of amides is 3. The van der Waals surface area contributed by atoms with Crippen LogP contribution in [0.2, 0.25) is 0 Å². The Kier molecular flexibility index (Phi) is 5.42. The lowest BCUT2D eigenvalue weighted by Gasteiger charge is -2.16. The molecule has 0 bridgehead atoms. The predicted octanol–water partition coefficient (Wildman–Crippen LogP) is 3.73. The van der Waals surface area contributed by atoms with E-state index < -0.39 is 12.1 Å². The van der Waals surface area contributed by atoms with E-state index in [4.69, 9.17) is 9.47 Å². The fourth-order valence-electron chi connectivity index (χ4n) is 3.06. The first-order valence-electron chi connectivity index (χ1n) is 9.28. The van der Waals surface area contributed by atoms with Gasteiger partial charge in [-0.2, -0.15) is 0 Å². The Morgan fingerprint density at radius 2 is 1.31 bits per heavy atom. The number of imide groups is 1. The fraction of sp³-hybridized carbons (Fsp3) is 0.130. The molecular weight excluding hydrogens is 368 g/mol. The number of ether oxygens (including phenoxy) is 2. The van der Waals surface area contributed by atoms with Gasteiger partial charge in [0.2, 0.25) is 0 Å². The average molecular weight is 388 g/mol. The highest BCUT2D eigenvalue weighted by atomic mass is 16.5. The van der Waals surface area contributed by atoms with Gasteiger partial charge in [0.25, 0.3) is 5.91 Å². The Bertz CT molecular complexity index is 1010. The van der Waals surface area contributed by atoms with Crippen LogP contribution in [0.5, 0.6) is 11.5 Å². The number of rotatable bonds is 7. The molecular formula is C23H20N2O4. The van der Waals surface area contributed by atoms with Crippen molar-refractivity contribution in [2.75, 3.05) is 0 Å². The summed E-state index contributed by atoms with van der Waals surface area (Å²) in [7, 11) is 0. The van der Waals surface area contributed by atoms with E-state index in [0.29, 0.717) is 30.3 Å². The van der Waals surface area contributed by atoms with E-state index in [1.807, 2.05) is 60.7 Å². The van der Waals surface area contributed by atoms with Crippen molar-refractivity contribution in [3.63, 3.8) is 0 Å². The van der Waals surface area contributed by atoms with Crippen LogP contribution in [0, 0.1) is 0 Å². The average Bonchev–Trinajstić information content (AvgIpc) is 3.10. The second-order valence-corrected chi connectivity index (χ2v) is 6.65. The van der Waals surface area contributed by atoms with Crippen molar-refractivity contribution in [3.05, 3.63) is 95.6 Å². The number of hydrogen-bond donors (Lipinski definition) is 2. The topological polar surface area (TPSA) is 76.7 Å².